The molecule has 15 rings (SSSR count). The maximum absolute atomic E-state index is 15.5. The van der Waals surface area contributed by atoms with Crippen LogP contribution in [0.1, 0.15) is 54.8 Å². The third kappa shape index (κ3) is 18.5. The third-order valence-electron chi connectivity index (χ3n) is 18.7. The number of halogens is 6. The van der Waals surface area contributed by atoms with Gasteiger partial charge in [0, 0.05) is 0 Å². The summed E-state index contributed by atoms with van der Waals surface area (Å²) < 4.78 is 138. The quantitative estimate of drug-likeness (QED) is 0.0199. The van der Waals surface area contributed by atoms with E-state index >= 15 is 4.39 Å². The number of ether oxygens (including phenoxy) is 6. The fourth-order valence-corrected chi connectivity index (χ4v) is 17.6. The van der Waals surface area contributed by atoms with E-state index in [0.717, 1.165) is 39.0 Å². The number of rotatable bonds is 24. The van der Waals surface area contributed by atoms with Crippen molar-refractivity contribution in [2.45, 2.75) is 165 Å². The van der Waals surface area contributed by atoms with E-state index in [-0.39, 0.29) is 57.2 Å². The van der Waals surface area contributed by atoms with Gasteiger partial charge in [-0.1, -0.05) is 0 Å². The summed E-state index contributed by atoms with van der Waals surface area (Å²) >= 11 is 25.5. The number of nitrogen functional groups attached to an aromatic ring is 3. The van der Waals surface area contributed by atoms with E-state index < -0.39 is 241 Å². The predicted octanol–water partition coefficient (Wildman–Crippen LogP) is -4.96. The summed E-state index contributed by atoms with van der Waals surface area (Å²) in [5.74, 6) is -0.121. The molecule has 63 heteroatoms. The molecule has 0 aliphatic carbocycles. The number of aliphatic hydroxyl groups is 6. The number of alkyl halides is 6. The van der Waals surface area contributed by atoms with Gasteiger partial charge in [0.25, 0.3) is 16.7 Å². The number of aromatic nitrogens is 21. The van der Waals surface area contributed by atoms with Crippen LogP contribution in [0.5, 0.6) is 0 Å². The molecule has 654 valence electrons. The number of aromatic amines is 3. The van der Waals surface area contributed by atoms with Crippen LogP contribution in [0.15, 0.2) is 66.7 Å². The fourth-order valence-electron chi connectivity index (χ4n) is 13.1. The first kappa shape index (κ1) is 89.5. The summed E-state index contributed by atoms with van der Waals surface area (Å²) in [6.45, 7) is 0.173. The second-order valence-corrected chi connectivity index (χ2v) is 33.0. The van der Waals surface area contributed by atoms with Crippen LogP contribution in [0.3, 0.4) is 0 Å². The Labute approximate surface area is 683 Å². The number of aliphatic hydroxyl groups excluding tert-OH is 6. The van der Waals surface area contributed by atoms with Crippen LogP contribution in [0.2, 0.25) is 0 Å². The van der Waals surface area contributed by atoms with Crippen molar-refractivity contribution in [3.8, 4) is 0 Å². The topological polar surface area (TPSA) is 756 Å². The third-order valence-corrected chi connectivity index (χ3v) is 23.6. The van der Waals surface area contributed by atoms with Crippen molar-refractivity contribution in [2.24, 2.45) is 0 Å². The largest absolute Gasteiger partial charge is 0.472 e. The Balaban J connectivity index is 0.000000156. The average Bonchev–Trinajstić information content (AvgIpc) is 1.62. The molecule has 6 aliphatic heterocycles. The Bertz CT molecular complexity index is 5580. The smallest absolute Gasteiger partial charge is 0.394 e. The molecule has 9 aromatic rings. The highest BCUT2D eigenvalue weighted by molar-refractivity contribution is 7.48. The molecule has 27 atom stereocenters. The highest BCUT2D eigenvalue weighted by Crippen LogP contribution is 2.54. The Morgan fingerprint density at radius 1 is 0.400 bits per heavy atom. The number of fused-ring (bicyclic) bond motifs is 3. The van der Waals surface area contributed by atoms with Gasteiger partial charge in [-0.05, 0) is 20.8 Å². The molecule has 6 saturated heterocycles. The van der Waals surface area contributed by atoms with Gasteiger partial charge < -0.3 is 106 Å². The number of anilines is 3. The summed E-state index contributed by atoms with van der Waals surface area (Å²) in [5.41, 5.74) is 12.0. The molecule has 0 radical (unpaired) electrons. The zero-order valence-electron chi connectivity index (χ0n) is 61.1. The van der Waals surface area contributed by atoms with Crippen LogP contribution >= 0.6 is 69.9 Å². The number of nitrogens with two attached hydrogens (primary N) is 3. The number of nitrogens with zero attached hydrogens (tertiary/aromatic N) is 18. The molecule has 54 nitrogen and oxygen atoms in total. The number of hydrogen-bond acceptors (Lipinski definition) is 42. The summed E-state index contributed by atoms with van der Waals surface area (Å²) in [4.78, 5) is 157. The lowest BCUT2D eigenvalue weighted by atomic mass is 10.1. The van der Waals surface area contributed by atoms with Gasteiger partial charge in [0.15, 0.2) is 83.2 Å². The van der Waals surface area contributed by atoms with E-state index in [9.17, 15) is 92.2 Å². The van der Waals surface area contributed by atoms with Crippen LogP contribution in [0, 0.1) is 20.8 Å². The van der Waals surface area contributed by atoms with E-state index in [4.69, 9.17) is 119 Å². The highest BCUT2D eigenvalue weighted by atomic mass is 35.5. The number of H-pyrrole nitrogens is 3. The van der Waals surface area contributed by atoms with Gasteiger partial charge in [-0.15, -0.1) is 46.4 Å². The monoisotopic (exact) mass is 1840 g/mol. The second-order valence-electron chi connectivity index (χ2n) is 26.7. The maximum Gasteiger partial charge on any atom is 0.472 e. The van der Waals surface area contributed by atoms with Gasteiger partial charge >= 0.3 is 40.5 Å². The van der Waals surface area contributed by atoms with Gasteiger partial charge in [-0.3, -0.25) is 68.9 Å². The Morgan fingerprint density at radius 3 is 1.02 bits per heavy atom. The zero-order chi connectivity index (χ0) is 86.8. The van der Waals surface area contributed by atoms with E-state index in [0.29, 0.717) is 16.2 Å². The van der Waals surface area contributed by atoms with Gasteiger partial charge in [0.1, 0.15) is 131 Å². The van der Waals surface area contributed by atoms with Gasteiger partial charge in [-0.2, -0.15) is 15.0 Å². The Kier molecular flexibility index (Phi) is 26.8. The van der Waals surface area contributed by atoms with Crippen LogP contribution < -0.4 is 50.9 Å². The first-order valence-corrected chi connectivity index (χ1v) is 41.0. The minimum Gasteiger partial charge on any atom is -0.394 e. The second kappa shape index (κ2) is 35.9. The van der Waals surface area contributed by atoms with Crippen molar-refractivity contribution in [1.82, 2.24) is 102 Å². The Hall–Kier alpha value is -8.25. The normalized spacial score (nSPS) is 32.0. The number of aryl methyl sites for hydroxylation is 3. The number of imidazole rings is 3. The summed E-state index contributed by atoms with van der Waals surface area (Å²) in [6, 6.07) is 0. The first-order chi connectivity index (χ1) is 56.7. The lowest BCUT2D eigenvalue weighted by molar-refractivity contribution is -0.0582. The molecule has 9 unspecified atom stereocenters. The molecule has 18 N–H and O–H groups in total. The van der Waals surface area contributed by atoms with Crippen molar-refractivity contribution in [2.75, 3.05) is 56.8 Å². The van der Waals surface area contributed by atoms with Crippen LogP contribution in [-0.2, 0) is 69.3 Å². The average molecular weight is 1840 g/mol. The molecule has 0 saturated carbocycles. The fraction of sp³-hybridized carbons (Fsp3) is 0.579. The van der Waals surface area contributed by atoms with E-state index in [2.05, 4.69) is 74.8 Å². The van der Waals surface area contributed by atoms with Crippen LogP contribution in [-0.4, -0.2) is 294 Å². The zero-order valence-corrected chi connectivity index (χ0v) is 66.8. The van der Waals surface area contributed by atoms with Gasteiger partial charge in [0.05, 0.1) is 58.6 Å². The number of nitrogens with one attached hydrogen (secondary N) is 3. The lowest BCUT2D eigenvalue weighted by Gasteiger charge is -2.23. The SMILES string of the molecule is Cc1nc2c(ncn2[C@@H]2O[C@H](CO)[C@H](OP(=O)(O)OC[C@H]3O[C@@H](n4cnc(N)nc4=O)C(Cl)[C@H]3O)C2Cl)c(=O)[nH]1.Cc1nc2c(ncn2[C@@H]2O[C@H](CO)[C@H](OP(=O)(O)OC[C@H]3O[C@@H](n4cnc(N)nc4=O)C(F)[C@H]3O)C2F)c(=O)[nH]1.Cc1nc2c(ncn2[C@@H]2O[C@H](COP(=O)(O)O[C@@H]3C(Cl)[C@H](n4cnc(N)nc4=O)O[C@@H]3CO)[C@H](O)C2Cl)c(=O)[nH]1. The van der Waals surface area contributed by atoms with Crippen molar-refractivity contribution >= 4 is 121 Å². The minimum absolute atomic E-state index is 0.0120. The standard InChI is InChI=1S/2C19H23Cl2N8O10P.C19H23F2N8O10P/c1-6-25-14-11(15(32)26-6)23-4-28(14)17-10(21)13(7(2-30)37-17)39-40(34,35)36-3-8-12(31)9(20)16(38-8)29-5-24-18(22)27-19(29)33;1-6-25-14-11(15(32)26-6)23-4-28(14)16-9(20)12(31)8(38-16)3-36-40(34,35)39-13-7(2-30)37-17(10(13)21)29-5-24-18(22)27-19(29)33;1-6-25-14-11(15(32)26-6)23-4-28(14)17-10(21)13(7(2-30)37-17)39-40(34,35)36-3-8-12(31)9(20)16(38-8)29-5-24-18(22)27-19(29)33/h3*4-5,7-10,12-13,16-17,30-31H,2-3H2,1H3,(H,34,35)(H2,22,27,33)(H,25,26,32)/t3*7-,8-,9?,10?,12+,13+,16-,17-/m111/s1. The number of phosphoric ester groups is 3. The van der Waals surface area contributed by atoms with Crippen molar-refractivity contribution < 1.29 is 123 Å². The summed E-state index contributed by atoms with van der Waals surface area (Å²) in [5, 5.41) is 55.8. The first-order valence-electron chi connectivity index (χ1n) is 34.7. The number of hydrogen-bond donors (Lipinski definition) is 15. The molecule has 0 bridgehead atoms. The molecule has 15 heterocycles. The predicted molar refractivity (Wildman–Crippen MR) is 394 cm³/mol. The molecule has 6 aliphatic rings. The summed E-state index contributed by atoms with van der Waals surface area (Å²) in [7, 11) is -15.0. The van der Waals surface area contributed by atoms with E-state index in [1.54, 1.807) is 13.8 Å². The van der Waals surface area contributed by atoms with Crippen molar-refractivity contribution in [1.29, 1.82) is 0 Å². The lowest BCUT2D eigenvalue weighted by Crippen LogP contribution is -2.35. The molecule has 6 fully saturated rings. The van der Waals surface area contributed by atoms with Crippen LogP contribution in [0.4, 0.5) is 26.6 Å². The van der Waals surface area contributed by atoms with E-state index in [1.165, 1.54) is 28.7 Å². The van der Waals surface area contributed by atoms with Gasteiger partial charge in [-0.25, -0.2) is 81.7 Å². The molecular formula is C57H69Cl4F2N24O30P3. The maximum atomic E-state index is 15.5. The van der Waals surface area contributed by atoms with Gasteiger partial charge in [0.2, 0.25) is 17.8 Å². The molecule has 0 spiro atoms. The molecule has 9 aromatic heterocycles. The summed E-state index contributed by atoms with van der Waals surface area (Å²) in [6.07, 6.45) is -23.1. The van der Waals surface area contributed by atoms with Crippen LogP contribution in [0.25, 0.3) is 33.5 Å². The molecular weight excluding hydrogens is 1770 g/mol. The number of phosphoric acid groups is 3. The molecule has 0 aromatic carbocycles. The van der Waals surface area contributed by atoms with Crippen molar-refractivity contribution in [3.05, 3.63) is 118 Å². The minimum atomic E-state index is -5.15. The molecule has 120 heavy (non-hydrogen) atoms. The Morgan fingerprint density at radius 2 is 0.667 bits per heavy atom. The highest BCUT2D eigenvalue weighted by Gasteiger charge is 2.55. The van der Waals surface area contributed by atoms with E-state index in [1.807, 2.05) is 0 Å². The van der Waals surface area contributed by atoms with Crippen molar-refractivity contribution in [3.63, 3.8) is 0 Å². The molecule has 0 amide bonds.